The van der Waals surface area contributed by atoms with Gasteiger partial charge in [-0.2, -0.15) is 10.2 Å². The van der Waals surface area contributed by atoms with Crippen LogP contribution in [0.1, 0.15) is 32.6 Å². The molecule has 146 valence electrons. The summed E-state index contributed by atoms with van der Waals surface area (Å²) >= 11 is 0. The molecule has 0 N–H and O–H groups in total. The van der Waals surface area contributed by atoms with Gasteiger partial charge in [0.25, 0.3) is 0 Å². The zero-order valence-electron chi connectivity index (χ0n) is 16.6. The van der Waals surface area contributed by atoms with Crippen LogP contribution in [0.5, 0.6) is 0 Å². The quantitative estimate of drug-likeness (QED) is 0.702. The fraction of sp³-hybridized carbons (Fsp3) is 0.571. The van der Waals surface area contributed by atoms with E-state index in [9.17, 15) is 0 Å². The van der Waals surface area contributed by atoms with E-state index in [1.165, 1.54) is 25.7 Å². The fourth-order valence-electron chi connectivity index (χ4n) is 5.70. The van der Waals surface area contributed by atoms with E-state index >= 15 is 0 Å². The van der Waals surface area contributed by atoms with E-state index in [4.69, 9.17) is 4.98 Å². The molecule has 0 spiro atoms. The molecule has 2 bridgehead atoms. The maximum atomic E-state index is 4.71. The molecule has 3 aliphatic rings. The number of piperazine rings is 1. The minimum Gasteiger partial charge on any atom is -0.352 e. The minimum absolute atomic E-state index is 0.680. The summed E-state index contributed by atoms with van der Waals surface area (Å²) in [5.74, 6) is 1.99. The van der Waals surface area contributed by atoms with E-state index in [2.05, 4.69) is 39.2 Å². The first kappa shape index (κ1) is 16.5. The lowest BCUT2D eigenvalue weighted by Crippen LogP contribution is -2.60. The largest absolute Gasteiger partial charge is 0.352 e. The normalized spacial score (nSPS) is 30.1. The summed E-state index contributed by atoms with van der Waals surface area (Å²) in [4.78, 5) is 10.1. The van der Waals surface area contributed by atoms with Gasteiger partial charge < -0.3 is 4.90 Å². The van der Waals surface area contributed by atoms with Crippen molar-refractivity contribution in [1.29, 1.82) is 0 Å². The van der Waals surface area contributed by atoms with Gasteiger partial charge >= 0.3 is 0 Å². The molecule has 5 heterocycles. The molecular weight excluding hydrogens is 350 g/mol. The first-order chi connectivity index (χ1) is 13.7. The standard InChI is InChI=1S/C21H27N7/c1-14-5-19(6-14)28-17-3-4-18(28)12-26(11-17)21-20-7-15(10-27(20)24-13-22-21)16-8-23-25(2)9-16/h7-10,13-14,17-19H,3-6,11-12H2,1-2H3. The van der Waals surface area contributed by atoms with Crippen molar-refractivity contribution >= 4 is 11.3 Å². The Balaban J connectivity index is 1.31. The van der Waals surface area contributed by atoms with Crippen LogP contribution >= 0.6 is 0 Å². The molecule has 3 aromatic rings. The third-order valence-corrected chi connectivity index (χ3v) is 7.03. The molecule has 2 unspecified atom stereocenters. The van der Waals surface area contributed by atoms with Crippen molar-refractivity contribution in [3.05, 3.63) is 31.0 Å². The summed E-state index contributed by atoms with van der Waals surface area (Å²) in [7, 11) is 1.95. The van der Waals surface area contributed by atoms with Crippen molar-refractivity contribution in [1.82, 2.24) is 29.3 Å². The number of hydrogen-bond donors (Lipinski definition) is 0. The number of hydrogen-bond acceptors (Lipinski definition) is 5. The minimum atomic E-state index is 0.680. The Morgan fingerprint density at radius 2 is 1.75 bits per heavy atom. The predicted octanol–water partition coefficient (Wildman–Crippen LogP) is 2.58. The number of fused-ring (bicyclic) bond motifs is 3. The van der Waals surface area contributed by atoms with Gasteiger partial charge in [0.1, 0.15) is 11.8 Å². The Bertz CT molecular complexity index is 1000. The van der Waals surface area contributed by atoms with Crippen molar-refractivity contribution in [2.75, 3.05) is 18.0 Å². The van der Waals surface area contributed by atoms with Crippen molar-refractivity contribution in [3.63, 3.8) is 0 Å². The number of aryl methyl sites for hydroxylation is 1. The highest BCUT2D eigenvalue weighted by atomic mass is 15.4. The molecule has 28 heavy (non-hydrogen) atoms. The summed E-state index contributed by atoms with van der Waals surface area (Å²) in [6.07, 6.45) is 13.1. The van der Waals surface area contributed by atoms with Crippen LogP contribution in [0.3, 0.4) is 0 Å². The second kappa shape index (κ2) is 6.04. The van der Waals surface area contributed by atoms with Gasteiger partial charge in [-0.1, -0.05) is 6.92 Å². The Morgan fingerprint density at radius 3 is 2.43 bits per heavy atom. The fourth-order valence-corrected chi connectivity index (χ4v) is 5.70. The first-order valence-corrected chi connectivity index (χ1v) is 10.5. The number of nitrogens with zero attached hydrogens (tertiary/aromatic N) is 7. The molecule has 2 atom stereocenters. The average Bonchev–Trinajstić information content (AvgIpc) is 3.34. The molecule has 1 saturated carbocycles. The third kappa shape index (κ3) is 2.49. The van der Waals surface area contributed by atoms with Crippen LogP contribution < -0.4 is 4.90 Å². The summed E-state index contributed by atoms with van der Waals surface area (Å²) in [6, 6.07) is 4.39. The first-order valence-electron chi connectivity index (χ1n) is 10.5. The Hall–Kier alpha value is -2.41. The van der Waals surface area contributed by atoms with Crippen LogP contribution in [0.15, 0.2) is 31.0 Å². The molecule has 0 amide bonds. The summed E-state index contributed by atoms with van der Waals surface area (Å²) < 4.78 is 3.80. The van der Waals surface area contributed by atoms with Gasteiger partial charge in [-0.15, -0.1) is 0 Å². The summed E-state index contributed by atoms with van der Waals surface area (Å²) in [5, 5.41) is 8.76. The third-order valence-electron chi connectivity index (χ3n) is 7.03. The summed E-state index contributed by atoms with van der Waals surface area (Å²) in [6.45, 7) is 4.56. The maximum absolute atomic E-state index is 4.71. The van der Waals surface area contributed by atoms with Crippen LogP contribution in [0.2, 0.25) is 0 Å². The predicted molar refractivity (Wildman–Crippen MR) is 108 cm³/mol. The second-order valence-electron chi connectivity index (χ2n) is 9.01. The maximum Gasteiger partial charge on any atom is 0.156 e. The van der Waals surface area contributed by atoms with E-state index in [0.29, 0.717) is 12.1 Å². The molecule has 0 aromatic carbocycles. The van der Waals surface area contributed by atoms with Gasteiger partial charge in [-0.25, -0.2) is 9.50 Å². The lowest BCUT2D eigenvalue weighted by molar-refractivity contribution is 0.0339. The van der Waals surface area contributed by atoms with E-state index < -0.39 is 0 Å². The Kier molecular flexibility index (Phi) is 3.57. The number of anilines is 1. The number of rotatable bonds is 3. The van der Waals surface area contributed by atoms with E-state index in [1.54, 1.807) is 6.33 Å². The van der Waals surface area contributed by atoms with Crippen molar-refractivity contribution in [2.24, 2.45) is 13.0 Å². The van der Waals surface area contributed by atoms with E-state index in [1.807, 2.05) is 28.6 Å². The molecule has 7 heteroatoms. The lowest BCUT2D eigenvalue weighted by Gasteiger charge is -2.50. The molecule has 2 aliphatic heterocycles. The Labute approximate surface area is 165 Å². The molecule has 7 nitrogen and oxygen atoms in total. The Morgan fingerprint density at radius 1 is 0.964 bits per heavy atom. The zero-order chi connectivity index (χ0) is 18.8. The van der Waals surface area contributed by atoms with Gasteiger partial charge in [-0.3, -0.25) is 9.58 Å². The monoisotopic (exact) mass is 377 g/mol. The van der Waals surface area contributed by atoms with Crippen LogP contribution in [-0.2, 0) is 7.05 Å². The second-order valence-corrected chi connectivity index (χ2v) is 9.01. The molecular formula is C21H27N7. The van der Waals surface area contributed by atoms with E-state index in [-0.39, 0.29) is 0 Å². The van der Waals surface area contributed by atoms with Gasteiger partial charge in [0.15, 0.2) is 5.82 Å². The molecule has 1 aliphatic carbocycles. The van der Waals surface area contributed by atoms with Crippen molar-refractivity contribution in [3.8, 4) is 11.1 Å². The number of aromatic nitrogens is 5. The highest BCUT2D eigenvalue weighted by Crippen LogP contribution is 2.41. The molecule has 3 fully saturated rings. The average molecular weight is 377 g/mol. The van der Waals surface area contributed by atoms with Crippen LogP contribution in [-0.4, -0.2) is 60.5 Å². The molecule has 3 aromatic heterocycles. The molecule has 0 radical (unpaired) electrons. The van der Waals surface area contributed by atoms with E-state index in [0.717, 1.165) is 47.5 Å². The molecule has 2 saturated heterocycles. The topological polar surface area (TPSA) is 54.5 Å². The molecule has 6 rings (SSSR count). The van der Waals surface area contributed by atoms with Crippen molar-refractivity contribution < 1.29 is 0 Å². The van der Waals surface area contributed by atoms with Crippen LogP contribution in [0.25, 0.3) is 16.6 Å². The van der Waals surface area contributed by atoms with Crippen LogP contribution in [0.4, 0.5) is 5.82 Å². The zero-order valence-corrected chi connectivity index (χ0v) is 16.6. The van der Waals surface area contributed by atoms with Gasteiger partial charge in [0.05, 0.1) is 6.20 Å². The van der Waals surface area contributed by atoms with Crippen molar-refractivity contribution in [2.45, 2.75) is 50.7 Å². The van der Waals surface area contributed by atoms with Gasteiger partial charge in [0, 0.05) is 61.8 Å². The smallest absolute Gasteiger partial charge is 0.156 e. The SMILES string of the molecule is CC1CC(N2C3CCC2CN(c2ncnn4cc(-c5cnn(C)c5)cc24)C3)C1. The highest BCUT2D eigenvalue weighted by molar-refractivity contribution is 5.77. The van der Waals surface area contributed by atoms with Gasteiger partial charge in [-0.05, 0) is 37.7 Å². The van der Waals surface area contributed by atoms with Gasteiger partial charge in [0.2, 0.25) is 0 Å². The summed E-state index contributed by atoms with van der Waals surface area (Å²) in [5.41, 5.74) is 3.34. The van der Waals surface area contributed by atoms with Crippen LogP contribution in [0, 0.1) is 5.92 Å². The highest BCUT2D eigenvalue weighted by Gasteiger charge is 2.46. The lowest BCUT2D eigenvalue weighted by atomic mass is 9.80.